The van der Waals surface area contributed by atoms with Crippen LogP contribution in [-0.2, 0) is 9.53 Å². The van der Waals surface area contributed by atoms with Gasteiger partial charge in [-0.1, -0.05) is 38.4 Å². The zero-order valence-corrected chi connectivity index (χ0v) is 18.7. The second kappa shape index (κ2) is 8.57. The maximum Gasteiger partial charge on any atom is 0.359 e. The number of aromatic nitrogens is 2. The van der Waals surface area contributed by atoms with Crippen LogP contribution in [0.3, 0.4) is 0 Å². The number of nitrogens with one attached hydrogen (secondary N) is 1. The van der Waals surface area contributed by atoms with Gasteiger partial charge < -0.3 is 10.1 Å². The van der Waals surface area contributed by atoms with Gasteiger partial charge in [0, 0.05) is 22.2 Å². The molecule has 2 aromatic heterocycles. The van der Waals surface area contributed by atoms with E-state index in [0.717, 1.165) is 4.68 Å². The highest BCUT2D eigenvalue weighted by Gasteiger charge is 2.24. The number of carbonyl (C=O) groups excluding carboxylic acids is 2. The molecule has 0 atom stereocenters. The smallest absolute Gasteiger partial charge is 0.359 e. The van der Waals surface area contributed by atoms with Gasteiger partial charge in [0.05, 0.1) is 17.7 Å². The van der Waals surface area contributed by atoms with Crippen LogP contribution >= 0.6 is 22.9 Å². The van der Waals surface area contributed by atoms with Gasteiger partial charge in [-0.15, -0.1) is 11.3 Å². The van der Waals surface area contributed by atoms with Crippen molar-refractivity contribution >= 4 is 50.6 Å². The lowest BCUT2D eigenvalue weighted by Crippen LogP contribution is -2.26. The predicted molar refractivity (Wildman–Crippen MR) is 119 cm³/mol. The number of rotatable bonds is 5. The van der Waals surface area contributed by atoms with Gasteiger partial charge in [0.1, 0.15) is 5.00 Å². The largest absolute Gasteiger partial charge is 0.461 e. The molecule has 1 aromatic carbocycles. The molecule has 0 saturated carbocycles. The number of anilines is 1. The van der Waals surface area contributed by atoms with Crippen molar-refractivity contribution in [1.82, 2.24) is 9.78 Å². The summed E-state index contributed by atoms with van der Waals surface area (Å²) in [6, 6.07) is 6.58. The van der Waals surface area contributed by atoms with Crippen LogP contribution in [0, 0.1) is 5.41 Å². The molecule has 0 unspecified atom stereocenters. The molecule has 3 aromatic rings. The van der Waals surface area contributed by atoms with E-state index in [1.165, 1.54) is 11.3 Å². The second-order valence-electron chi connectivity index (χ2n) is 7.91. The Balaban J connectivity index is 2.20. The molecular weight excluding hydrogens is 426 g/mol. The number of nitrogens with zero attached hydrogens (tertiary/aromatic N) is 2. The molecule has 0 aliphatic rings. The summed E-state index contributed by atoms with van der Waals surface area (Å²) in [4.78, 5) is 38.3. The van der Waals surface area contributed by atoms with Crippen molar-refractivity contribution < 1.29 is 14.3 Å². The standard InChI is InChI=1S/C21H22ClN3O4S/c1-5-29-20(28)17-14-11-30-18(23-15(26)10-21(2,3)4)16(14)19(27)25(24-17)13-8-6-7-12(22)9-13/h6-9,11H,5,10H2,1-4H3,(H,23,26). The van der Waals surface area contributed by atoms with Crippen molar-refractivity contribution in [2.24, 2.45) is 5.41 Å². The molecule has 30 heavy (non-hydrogen) atoms. The average Bonchev–Trinajstić information content (AvgIpc) is 3.04. The van der Waals surface area contributed by atoms with Crippen molar-refractivity contribution in [3.63, 3.8) is 0 Å². The van der Waals surface area contributed by atoms with Gasteiger partial charge in [-0.25, -0.2) is 4.79 Å². The number of benzene rings is 1. The highest BCUT2D eigenvalue weighted by Crippen LogP contribution is 2.31. The van der Waals surface area contributed by atoms with Gasteiger partial charge in [-0.2, -0.15) is 9.78 Å². The van der Waals surface area contributed by atoms with E-state index in [1.807, 2.05) is 20.8 Å². The van der Waals surface area contributed by atoms with E-state index in [4.69, 9.17) is 16.3 Å². The number of hydrogen-bond acceptors (Lipinski definition) is 6. The van der Waals surface area contributed by atoms with Crippen molar-refractivity contribution in [3.8, 4) is 5.69 Å². The highest BCUT2D eigenvalue weighted by molar-refractivity contribution is 7.16. The van der Waals surface area contributed by atoms with Gasteiger partial charge >= 0.3 is 5.97 Å². The number of amides is 1. The number of esters is 1. The van der Waals surface area contributed by atoms with Crippen LogP contribution < -0.4 is 10.9 Å². The number of carbonyl (C=O) groups is 2. The third-order valence-electron chi connectivity index (χ3n) is 4.12. The van der Waals surface area contributed by atoms with Crippen molar-refractivity contribution in [2.75, 3.05) is 11.9 Å². The molecule has 0 spiro atoms. The number of halogens is 1. The van der Waals surface area contributed by atoms with E-state index in [-0.39, 0.29) is 35.4 Å². The quantitative estimate of drug-likeness (QED) is 0.575. The van der Waals surface area contributed by atoms with Crippen LogP contribution in [0.4, 0.5) is 5.00 Å². The van der Waals surface area contributed by atoms with Crippen LogP contribution in [0.1, 0.15) is 44.6 Å². The molecule has 0 aliphatic carbocycles. The Bertz CT molecular complexity index is 1180. The van der Waals surface area contributed by atoms with Gasteiger partial charge in [0.25, 0.3) is 5.56 Å². The molecule has 1 amide bonds. The van der Waals surface area contributed by atoms with Crippen LogP contribution in [0.25, 0.3) is 16.5 Å². The van der Waals surface area contributed by atoms with Crippen LogP contribution in [0.5, 0.6) is 0 Å². The highest BCUT2D eigenvalue weighted by atomic mass is 35.5. The summed E-state index contributed by atoms with van der Waals surface area (Å²) in [6.07, 6.45) is 0.282. The zero-order valence-electron chi connectivity index (χ0n) is 17.1. The Hall–Kier alpha value is -2.71. The summed E-state index contributed by atoms with van der Waals surface area (Å²) < 4.78 is 6.22. The molecule has 0 bridgehead atoms. The number of ether oxygens (including phenoxy) is 1. The first-order chi connectivity index (χ1) is 14.1. The minimum atomic E-state index is -0.649. The lowest BCUT2D eigenvalue weighted by Gasteiger charge is -2.17. The molecule has 7 nitrogen and oxygen atoms in total. The normalized spacial score (nSPS) is 11.5. The van der Waals surface area contributed by atoms with Gasteiger partial charge in [0.2, 0.25) is 5.91 Å². The monoisotopic (exact) mass is 447 g/mol. The van der Waals surface area contributed by atoms with Crippen LogP contribution in [-0.4, -0.2) is 28.3 Å². The topological polar surface area (TPSA) is 90.3 Å². The van der Waals surface area contributed by atoms with E-state index < -0.39 is 11.5 Å². The van der Waals surface area contributed by atoms with Crippen LogP contribution in [0.2, 0.25) is 5.02 Å². The molecule has 1 N–H and O–H groups in total. The van der Waals surface area contributed by atoms with E-state index in [9.17, 15) is 14.4 Å². The van der Waals surface area contributed by atoms with E-state index in [2.05, 4.69) is 10.4 Å². The first-order valence-corrected chi connectivity index (χ1v) is 10.6. The van der Waals surface area contributed by atoms with Crippen molar-refractivity contribution in [3.05, 3.63) is 50.7 Å². The van der Waals surface area contributed by atoms with Crippen LogP contribution in [0.15, 0.2) is 34.4 Å². The molecular formula is C21H22ClN3O4S. The summed E-state index contributed by atoms with van der Waals surface area (Å²) in [5, 5.41) is 10.0. The maximum absolute atomic E-state index is 13.3. The molecule has 0 saturated heterocycles. The van der Waals surface area contributed by atoms with E-state index >= 15 is 0 Å². The second-order valence-corrected chi connectivity index (χ2v) is 9.22. The number of thiophene rings is 1. The lowest BCUT2D eigenvalue weighted by atomic mass is 9.92. The number of fused-ring (bicyclic) bond motifs is 1. The minimum Gasteiger partial charge on any atom is -0.461 e. The Kier molecular flexibility index (Phi) is 6.28. The zero-order chi connectivity index (χ0) is 22.1. The first kappa shape index (κ1) is 22.0. The lowest BCUT2D eigenvalue weighted by molar-refractivity contribution is -0.117. The average molecular weight is 448 g/mol. The summed E-state index contributed by atoms with van der Waals surface area (Å²) in [7, 11) is 0. The first-order valence-electron chi connectivity index (χ1n) is 9.38. The Morgan fingerprint density at radius 3 is 2.67 bits per heavy atom. The summed E-state index contributed by atoms with van der Waals surface area (Å²) >= 11 is 7.24. The summed E-state index contributed by atoms with van der Waals surface area (Å²) in [5.41, 5.74) is -0.278. The third-order valence-corrected chi connectivity index (χ3v) is 5.25. The fraction of sp³-hybridized carbons (Fsp3) is 0.333. The van der Waals surface area contributed by atoms with Crippen molar-refractivity contribution in [2.45, 2.75) is 34.1 Å². The molecule has 0 radical (unpaired) electrons. The molecule has 9 heteroatoms. The summed E-state index contributed by atoms with van der Waals surface area (Å²) in [6.45, 7) is 7.71. The van der Waals surface area contributed by atoms with E-state index in [1.54, 1.807) is 36.6 Å². The molecule has 3 rings (SSSR count). The molecule has 158 valence electrons. The number of hydrogen-bond donors (Lipinski definition) is 1. The fourth-order valence-electron chi connectivity index (χ4n) is 2.93. The molecule has 0 fully saturated rings. The van der Waals surface area contributed by atoms with Gasteiger partial charge in [-0.05, 0) is 30.5 Å². The predicted octanol–water partition coefficient (Wildman–Crippen LogP) is 4.65. The van der Waals surface area contributed by atoms with E-state index in [0.29, 0.717) is 21.1 Å². The van der Waals surface area contributed by atoms with Crippen molar-refractivity contribution in [1.29, 1.82) is 0 Å². The molecule has 0 aliphatic heterocycles. The third kappa shape index (κ3) is 4.71. The minimum absolute atomic E-state index is 0.000930. The van der Waals surface area contributed by atoms with Gasteiger partial charge in [0.15, 0.2) is 5.69 Å². The Labute approximate surface area is 182 Å². The SMILES string of the molecule is CCOC(=O)c1nn(-c2cccc(Cl)c2)c(=O)c2c(NC(=O)CC(C)(C)C)scc12. The molecule has 2 heterocycles. The Morgan fingerprint density at radius 2 is 2.03 bits per heavy atom. The van der Waals surface area contributed by atoms with Gasteiger partial charge in [-0.3, -0.25) is 9.59 Å². The summed E-state index contributed by atoms with van der Waals surface area (Å²) in [5.74, 6) is -0.863. The fourth-order valence-corrected chi connectivity index (χ4v) is 4.06. The maximum atomic E-state index is 13.3. The Morgan fingerprint density at radius 1 is 1.30 bits per heavy atom.